The number of nitrogens with one attached hydrogen (secondary N) is 1. The van der Waals surface area contributed by atoms with Gasteiger partial charge in [0.2, 0.25) is 0 Å². The Morgan fingerprint density at radius 1 is 1.18 bits per heavy atom. The number of carbonyl (C=O) groups is 1. The van der Waals surface area contributed by atoms with E-state index in [1.54, 1.807) is 6.92 Å². The summed E-state index contributed by atoms with van der Waals surface area (Å²) in [5, 5.41) is 0.998. The maximum atomic E-state index is 11.6. The fraction of sp³-hybridized carbons (Fsp3) is 0.167. The van der Waals surface area contributed by atoms with Crippen molar-refractivity contribution in [3.05, 3.63) is 54.1 Å². The molecule has 112 valence electrons. The molecule has 0 aliphatic rings. The first-order valence-electron chi connectivity index (χ1n) is 7.29. The van der Waals surface area contributed by atoms with Crippen LogP contribution in [-0.4, -0.2) is 17.6 Å². The average Bonchev–Trinajstić information content (AvgIpc) is 2.93. The van der Waals surface area contributed by atoms with E-state index >= 15 is 0 Å². The third kappa shape index (κ3) is 2.81. The normalized spacial score (nSPS) is 10.8. The van der Waals surface area contributed by atoms with E-state index in [1.165, 1.54) is 0 Å². The standard InChI is InChI=1S/C18H18N2O2/c1-2-22-17(21)10-12-8-14-11-16(13-6-4-3-5-7-13)20-18(14)15(19)9-12/h3-9,11,20H,2,10,19H2,1H3. The molecule has 0 bridgehead atoms. The Morgan fingerprint density at radius 2 is 1.95 bits per heavy atom. The predicted molar refractivity (Wildman–Crippen MR) is 88.5 cm³/mol. The van der Waals surface area contributed by atoms with E-state index in [0.717, 1.165) is 27.7 Å². The fourth-order valence-corrected chi connectivity index (χ4v) is 2.59. The summed E-state index contributed by atoms with van der Waals surface area (Å²) in [7, 11) is 0. The smallest absolute Gasteiger partial charge is 0.310 e. The van der Waals surface area contributed by atoms with Crippen molar-refractivity contribution in [2.45, 2.75) is 13.3 Å². The molecule has 2 aromatic carbocycles. The van der Waals surface area contributed by atoms with E-state index in [0.29, 0.717) is 12.3 Å². The van der Waals surface area contributed by atoms with Crippen LogP contribution in [0.25, 0.3) is 22.2 Å². The minimum absolute atomic E-state index is 0.236. The average molecular weight is 294 g/mol. The van der Waals surface area contributed by atoms with Crippen LogP contribution in [0.5, 0.6) is 0 Å². The molecule has 4 heteroatoms. The van der Waals surface area contributed by atoms with Crippen LogP contribution < -0.4 is 5.73 Å². The highest BCUT2D eigenvalue weighted by molar-refractivity contribution is 5.95. The summed E-state index contributed by atoms with van der Waals surface area (Å²) in [5.74, 6) is -0.236. The van der Waals surface area contributed by atoms with Crippen molar-refractivity contribution in [1.82, 2.24) is 4.98 Å². The van der Waals surface area contributed by atoms with Gasteiger partial charge in [-0.05, 0) is 36.2 Å². The largest absolute Gasteiger partial charge is 0.466 e. The number of H-pyrrole nitrogens is 1. The molecule has 0 aliphatic carbocycles. The van der Waals surface area contributed by atoms with Crippen LogP contribution in [0.1, 0.15) is 12.5 Å². The zero-order chi connectivity index (χ0) is 15.5. The lowest BCUT2D eigenvalue weighted by Gasteiger charge is -2.04. The van der Waals surface area contributed by atoms with E-state index in [-0.39, 0.29) is 12.4 Å². The van der Waals surface area contributed by atoms with Gasteiger partial charge in [-0.15, -0.1) is 0 Å². The van der Waals surface area contributed by atoms with Gasteiger partial charge in [-0.25, -0.2) is 0 Å². The van der Waals surface area contributed by atoms with E-state index in [9.17, 15) is 4.79 Å². The van der Waals surface area contributed by atoms with Gasteiger partial charge in [0.25, 0.3) is 0 Å². The van der Waals surface area contributed by atoms with Crippen molar-refractivity contribution in [3.63, 3.8) is 0 Å². The van der Waals surface area contributed by atoms with Crippen LogP contribution in [0.2, 0.25) is 0 Å². The SMILES string of the molecule is CCOC(=O)Cc1cc(N)c2[nH]c(-c3ccccc3)cc2c1. The summed E-state index contributed by atoms with van der Waals surface area (Å²) >= 11 is 0. The minimum Gasteiger partial charge on any atom is -0.466 e. The van der Waals surface area contributed by atoms with Gasteiger partial charge in [0.1, 0.15) is 0 Å². The molecule has 1 aromatic heterocycles. The Balaban J connectivity index is 1.98. The van der Waals surface area contributed by atoms with Gasteiger partial charge in [-0.2, -0.15) is 0 Å². The fourth-order valence-electron chi connectivity index (χ4n) is 2.59. The van der Waals surface area contributed by atoms with E-state index in [2.05, 4.69) is 11.1 Å². The van der Waals surface area contributed by atoms with Gasteiger partial charge in [-0.3, -0.25) is 4.79 Å². The second-order valence-electron chi connectivity index (χ2n) is 5.18. The van der Waals surface area contributed by atoms with Crippen LogP contribution in [0, 0.1) is 0 Å². The lowest BCUT2D eigenvalue weighted by molar-refractivity contribution is -0.142. The molecule has 22 heavy (non-hydrogen) atoms. The molecule has 0 unspecified atom stereocenters. The van der Waals surface area contributed by atoms with Gasteiger partial charge in [0.05, 0.1) is 24.2 Å². The molecule has 0 fully saturated rings. The zero-order valence-corrected chi connectivity index (χ0v) is 12.4. The molecule has 3 N–H and O–H groups in total. The van der Waals surface area contributed by atoms with Crippen molar-refractivity contribution in [1.29, 1.82) is 0 Å². The summed E-state index contributed by atoms with van der Waals surface area (Å²) in [4.78, 5) is 15.0. The quantitative estimate of drug-likeness (QED) is 0.571. The number of esters is 1. The first-order chi connectivity index (χ1) is 10.7. The highest BCUT2D eigenvalue weighted by Gasteiger charge is 2.10. The lowest BCUT2D eigenvalue weighted by Crippen LogP contribution is -2.07. The number of nitrogens with two attached hydrogens (primary N) is 1. The summed E-state index contributed by atoms with van der Waals surface area (Å²) < 4.78 is 4.98. The molecule has 0 aliphatic heterocycles. The first-order valence-corrected chi connectivity index (χ1v) is 7.29. The highest BCUT2D eigenvalue weighted by atomic mass is 16.5. The molecule has 0 saturated carbocycles. The number of carbonyl (C=O) groups excluding carboxylic acids is 1. The third-order valence-electron chi connectivity index (χ3n) is 3.56. The number of fused-ring (bicyclic) bond motifs is 1. The first kappa shape index (κ1) is 14.2. The topological polar surface area (TPSA) is 68.1 Å². The van der Waals surface area contributed by atoms with Crippen LogP contribution in [0.4, 0.5) is 5.69 Å². The number of aromatic amines is 1. The molecular formula is C18H18N2O2. The van der Waals surface area contributed by atoms with Crippen molar-refractivity contribution in [2.75, 3.05) is 12.3 Å². The minimum atomic E-state index is -0.236. The number of nitrogen functional groups attached to an aromatic ring is 1. The Morgan fingerprint density at radius 3 is 2.68 bits per heavy atom. The van der Waals surface area contributed by atoms with E-state index in [4.69, 9.17) is 10.5 Å². The molecule has 0 saturated heterocycles. The second kappa shape index (κ2) is 5.93. The van der Waals surface area contributed by atoms with Gasteiger partial charge < -0.3 is 15.5 Å². The number of ether oxygens (including phenoxy) is 1. The Labute approximate surface area is 128 Å². The van der Waals surface area contributed by atoms with Gasteiger partial charge in [0, 0.05) is 11.1 Å². The van der Waals surface area contributed by atoms with Gasteiger partial charge in [0.15, 0.2) is 0 Å². The van der Waals surface area contributed by atoms with Crippen LogP contribution in [0.3, 0.4) is 0 Å². The van der Waals surface area contributed by atoms with Crippen molar-refractivity contribution < 1.29 is 9.53 Å². The molecule has 0 radical (unpaired) electrons. The third-order valence-corrected chi connectivity index (χ3v) is 3.56. The molecule has 0 amide bonds. The summed E-state index contributed by atoms with van der Waals surface area (Å²) in [6.07, 6.45) is 0.236. The summed E-state index contributed by atoms with van der Waals surface area (Å²) in [5.41, 5.74) is 10.6. The highest BCUT2D eigenvalue weighted by Crippen LogP contribution is 2.28. The monoisotopic (exact) mass is 294 g/mol. The molecule has 1 heterocycles. The number of benzene rings is 2. The maximum Gasteiger partial charge on any atom is 0.310 e. The second-order valence-corrected chi connectivity index (χ2v) is 5.18. The Hall–Kier alpha value is -2.75. The maximum absolute atomic E-state index is 11.6. The van der Waals surface area contributed by atoms with Crippen molar-refractivity contribution in [3.8, 4) is 11.3 Å². The van der Waals surface area contributed by atoms with Crippen molar-refractivity contribution in [2.24, 2.45) is 0 Å². The van der Waals surface area contributed by atoms with Crippen LogP contribution in [-0.2, 0) is 16.0 Å². The number of aromatic nitrogens is 1. The Bertz CT molecular complexity index is 807. The summed E-state index contributed by atoms with van der Waals surface area (Å²) in [6.45, 7) is 2.19. The molecule has 0 atom stereocenters. The predicted octanol–water partition coefficient (Wildman–Crippen LogP) is 3.52. The molecule has 3 aromatic rings. The lowest BCUT2D eigenvalue weighted by atomic mass is 10.1. The molecule has 3 rings (SSSR count). The number of anilines is 1. The summed E-state index contributed by atoms with van der Waals surface area (Å²) in [6, 6.07) is 15.9. The van der Waals surface area contributed by atoms with Gasteiger partial charge in [-0.1, -0.05) is 30.3 Å². The Kier molecular flexibility index (Phi) is 3.83. The van der Waals surface area contributed by atoms with Crippen LogP contribution in [0.15, 0.2) is 48.5 Å². The number of hydrogen-bond donors (Lipinski definition) is 2. The molecule has 4 nitrogen and oxygen atoms in total. The van der Waals surface area contributed by atoms with E-state index < -0.39 is 0 Å². The van der Waals surface area contributed by atoms with Crippen molar-refractivity contribution >= 4 is 22.6 Å². The number of hydrogen-bond acceptors (Lipinski definition) is 3. The van der Waals surface area contributed by atoms with E-state index in [1.807, 2.05) is 42.5 Å². The van der Waals surface area contributed by atoms with Gasteiger partial charge >= 0.3 is 5.97 Å². The van der Waals surface area contributed by atoms with Crippen LogP contribution >= 0.6 is 0 Å². The number of rotatable bonds is 4. The molecular weight excluding hydrogens is 276 g/mol. The zero-order valence-electron chi connectivity index (χ0n) is 12.4. The molecule has 0 spiro atoms.